The summed E-state index contributed by atoms with van der Waals surface area (Å²) < 4.78 is 10.6. The van der Waals surface area contributed by atoms with Gasteiger partial charge in [0.2, 0.25) is 5.91 Å². The van der Waals surface area contributed by atoms with Gasteiger partial charge in [0, 0.05) is 6.42 Å². The molecule has 0 aliphatic carbocycles. The zero-order valence-corrected chi connectivity index (χ0v) is 18.7. The molecule has 0 bridgehead atoms. The summed E-state index contributed by atoms with van der Waals surface area (Å²) in [6, 6.07) is -1.63. The Hall–Kier alpha value is -1.63. The van der Waals surface area contributed by atoms with E-state index >= 15 is 0 Å². The average Bonchev–Trinajstić information content (AvgIpc) is 2.51. The van der Waals surface area contributed by atoms with Crippen LogP contribution in [0.2, 0.25) is 0 Å². The second kappa shape index (κ2) is 12.0. The van der Waals surface area contributed by atoms with Crippen molar-refractivity contribution in [1.82, 2.24) is 5.32 Å². The minimum absolute atomic E-state index is 0.0411. The minimum atomic E-state index is -0.895. The number of ether oxygens (including phenoxy) is 2. The maximum atomic E-state index is 12.5. The van der Waals surface area contributed by atoms with Crippen molar-refractivity contribution >= 4 is 17.8 Å². The second-order valence-corrected chi connectivity index (χ2v) is 9.18. The smallest absolute Gasteiger partial charge is 0.329 e. The van der Waals surface area contributed by atoms with Gasteiger partial charge in [-0.2, -0.15) is 0 Å². The fraction of sp³-hybridized carbons (Fsp3) is 0.857. The normalized spacial score (nSPS) is 14.1. The van der Waals surface area contributed by atoms with Gasteiger partial charge in [0.05, 0.1) is 6.04 Å². The highest BCUT2D eigenvalue weighted by molar-refractivity contribution is 5.87. The van der Waals surface area contributed by atoms with Gasteiger partial charge in [-0.1, -0.05) is 32.6 Å². The van der Waals surface area contributed by atoms with Crippen LogP contribution in [0.4, 0.5) is 0 Å². The maximum Gasteiger partial charge on any atom is 0.329 e. The van der Waals surface area contributed by atoms with Crippen LogP contribution in [0.1, 0.15) is 93.4 Å². The number of unbranched alkanes of at least 4 members (excludes halogenated alkanes) is 3. The molecule has 164 valence electrons. The van der Waals surface area contributed by atoms with Gasteiger partial charge in [-0.15, -0.1) is 0 Å². The van der Waals surface area contributed by atoms with E-state index in [1.807, 2.05) is 0 Å². The van der Waals surface area contributed by atoms with Crippen molar-refractivity contribution in [3.8, 4) is 0 Å². The van der Waals surface area contributed by atoms with Crippen LogP contribution in [-0.2, 0) is 23.9 Å². The highest BCUT2D eigenvalue weighted by atomic mass is 16.6. The summed E-state index contributed by atoms with van der Waals surface area (Å²) in [5, 5.41) is 2.70. The number of carbonyl (C=O) groups excluding carboxylic acids is 3. The van der Waals surface area contributed by atoms with Crippen molar-refractivity contribution in [3.05, 3.63) is 0 Å². The predicted molar refractivity (Wildman–Crippen MR) is 110 cm³/mol. The van der Waals surface area contributed by atoms with Crippen LogP contribution in [0.25, 0.3) is 0 Å². The van der Waals surface area contributed by atoms with Crippen LogP contribution in [0.15, 0.2) is 0 Å². The molecule has 0 saturated carbocycles. The summed E-state index contributed by atoms with van der Waals surface area (Å²) >= 11 is 0. The highest BCUT2D eigenvalue weighted by Gasteiger charge is 2.28. The molecule has 0 fully saturated rings. The van der Waals surface area contributed by atoms with E-state index in [-0.39, 0.29) is 12.8 Å². The van der Waals surface area contributed by atoms with E-state index < -0.39 is 41.1 Å². The third-order valence-corrected chi connectivity index (χ3v) is 3.77. The van der Waals surface area contributed by atoms with Gasteiger partial charge in [-0.05, 0) is 54.4 Å². The standard InChI is InChI=1S/C21H40N2O5/c1-8-9-10-11-12-16(19(26)28-21(5,6)7)23-18(25)15(22)13-14-17(24)27-20(2,3)4/h15-16H,8-14,22H2,1-7H3,(H,23,25). The monoisotopic (exact) mass is 400 g/mol. The number of nitrogens with two attached hydrogens (primary N) is 1. The molecular formula is C21H40N2O5. The third kappa shape index (κ3) is 13.5. The minimum Gasteiger partial charge on any atom is -0.460 e. The van der Waals surface area contributed by atoms with Gasteiger partial charge in [0.1, 0.15) is 17.2 Å². The van der Waals surface area contributed by atoms with Crippen molar-refractivity contribution in [2.24, 2.45) is 5.73 Å². The topological polar surface area (TPSA) is 108 Å². The second-order valence-electron chi connectivity index (χ2n) is 9.18. The number of carbonyl (C=O) groups is 3. The van der Waals surface area contributed by atoms with E-state index in [0.29, 0.717) is 6.42 Å². The molecule has 2 unspecified atom stereocenters. The van der Waals surface area contributed by atoms with E-state index in [1.54, 1.807) is 41.5 Å². The molecule has 0 aliphatic heterocycles. The van der Waals surface area contributed by atoms with Crippen LogP contribution in [-0.4, -0.2) is 41.1 Å². The van der Waals surface area contributed by atoms with E-state index in [4.69, 9.17) is 15.2 Å². The number of esters is 2. The number of amides is 1. The number of rotatable bonds is 11. The molecule has 0 radical (unpaired) electrons. The Morgan fingerprint density at radius 1 is 0.893 bits per heavy atom. The lowest BCUT2D eigenvalue weighted by atomic mass is 10.1. The summed E-state index contributed by atoms with van der Waals surface area (Å²) in [6.45, 7) is 12.8. The Kier molecular flexibility index (Phi) is 11.3. The van der Waals surface area contributed by atoms with Gasteiger partial charge in [0.25, 0.3) is 0 Å². The Balaban J connectivity index is 4.73. The average molecular weight is 401 g/mol. The Morgan fingerprint density at radius 2 is 1.46 bits per heavy atom. The SMILES string of the molecule is CCCCCCC(NC(=O)C(N)CCC(=O)OC(C)(C)C)C(=O)OC(C)(C)C. The molecule has 0 aromatic carbocycles. The lowest BCUT2D eigenvalue weighted by Gasteiger charge is -2.25. The maximum absolute atomic E-state index is 12.5. The number of hydrogen-bond donors (Lipinski definition) is 2. The van der Waals surface area contributed by atoms with Crippen molar-refractivity contribution in [2.45, 2.75) is 117 Å². The Bertz CT molecular complexity index is 506. The summed E-state index contributed by atoms with van der Waals surface area (Å²) in [4.78, 5) is 36.7. The summed E-state index contributed by atoms with van der Waals surface area (Å²) in [5.74, 6) is -1.33. The highest BCUT2D eigenvalue weighted by Crippen LogP contribution is 2.13. The first-order chi connectivity index (χ1) is 12.7. The van der Waals surface area contributed by atoms with Crippen LogP contribution in [0, 0.1) is 0 Å². The first-order valence-corrected chi connectivity index (χ1v) is 10.3. The van der Waals surface area contributed by atoms with Crippen molar-refractivity contribution in [3.63, 3.8) is 0 Å². The Labute approximate surface area is 170 Å². The van der Waals surface area contributed by atoms with E-state index in [2.05, 4.69) is 12.2 Å². The first kappa shape index (κ1) is 26.4. The largest absolute Gasteiger partial charge is 0.460 e. The summed E-state index contributed by atoms with van der Waals surface area (Å²) in [5.41, 5.74) is 4.69. The van der Waals surface area contributed by atoms with Gasteiger partial charge >= 0.3 is 11.9 Å². The molecule has 1 amide bonds. The van der Waals surface area contributed by atoms with Crippen LogP contribution in [0.3, 0.4) is 0 Å². The molecule has 28 heavy (non-hydrogen) atoms. The van der Waals surface area contributed by atoms with Crippen LogP contribution in [0.5, 0.6) is 0 Å². The molecule has 2 atom stereocenters. The molecule has 0 aromatic rings. The first-order valence-electron chi connectivity index (χ1n) is 10.3. The summed E-state index contributed by atoms with van der Waals surface area (Å²) in [7, 11) is 0. The van der Waals surface area contributed by atoms with Crippen LogP contribution >= 0.6 is 0 Å². The quantitative estimate of drug-likeness (QED) is 0.407. The zero-order chi connectivity index (χ0) is 22.0. The van der Waals surface area contributed by atoms with Crippen molar-refractivity contribution < 1.29 is 23.9 Å². The lowest BCUT2D eigenvalue weighted by molar-refractivity contribution is -0.159. The van der Waals surface area contributed by atoms with Crippen LogP contribution < -0.4 is 11.1 Å². The number of nitrogens with one attached hydrogen (secondary N) is 1. The molecular weight excluding hydrogens is 360 g/mol. The summed E-state index contributed by atoms with van der Waals surface area (Å²) in [6.07, 6.45) is 4.64. The van der Waals surface area contributed by atoms with E-state index in [9.17, 15) is 14.4 Å². The molecule has 0 spiro atoms. The zero-order valence-electron chi connectivity index (χ0n) is 18.7. The molecule has 3 N–H and O–H groups in total. The van der Waals surface area contributed by atoms with Gasteiger partial charge in [-0.3, -0.25) is 9.59 Å². The molecule has 0 saturated heterocycles. The van der Waals surface area contributed by atoms with Gasteiger partial charge in [-0.25, -0.2) is 4.79 Å². The number of hydrogen-bond acceptors (Lipinski definition) is 6. The molecule has 0 rings (SSSR count). The molecule has 0 aliphatic rings. The molecule has 7 nitrogen and oxygen atoms in total. The van der Waals surface area contributed by atoms with Crippen molar-refractivity contribution in [2.75, 3.05) is 0 Å². The molecule has 7 heteroatoms. The van der Waals surface area contributed by atoms with Gasteiger partial charge < -0.3 is 20.5 Å². The predicted octanol–water partition coefficient (Wildman–Crippen LogP) is 3.23. The molecule has 0 aromatic heterocycles. The fourth-order valence-corrected chi connectivity index (χ4v) is 2.47. The lowest BCUT2D eigenvalue weighted by Crippen LogP contribution is -2.50. The van der Waals surface area contributed by atoms with E-state index in [0.717, 1.165) is 25.7 Å². The Morgan fingerprint density at radius 3 is 1.96 bits per heavy atom. The van der Waals surface area contributed by atoms with Gasteiger partial charge in [0.15, 0.2) is 0 Å². The van der Waals surface area contributed by atoms with Crippen molar-refractivity contribution in [1.29, 1.82) is 0 Å². The van der Waals surface area contributed by atoms with E-state index in [1.165, 1.54) is 0 Å². The molecule has 0 heterocycles. The fourth-order valence-electron chi connectivity index (χ4n) is 2.47. The third-order valence-electron chi connectivity index (χ3n) is 3.77.